The fourth-order valence-electron chi connectivity index (χ4n) is 1.14. The normalized spacial score (nSPS) is 12.1. The largest absolute Gasteiger partial charge is 0.198 e. The van der Waals surface area contributed by atoms with E-state index in [2.05, 4.69) is 18.2 Å². The highest BCUT2D eigenvalue weighted by Crippen LogP contribution is 2.10. The molecule has 1 atom stereocenters. The van der Waals surface area contributed by atoms with Crippen molar-refractivity contribution in [2.75, 3.05) is 5.88 Å². The molecule has 1 rings (SSSR count). The third-order valence-corrected chi connectivity index (χ3v) is 2.34. The van der Waals surface area contributed by atoms with Gasteiger partial charge < -0.3 is 0 Å². The number of nitriles is 1. The van der Waals surface area contributed by atoms with Crippen LogP contribution in [0.2, 0.25) is 0 Å². The van der Waals surface area contributed by atoms with Gasteiger partial charge in [-0.3, -0.25) is 0 Å². The lowest BCUT2D eigenvalue weighted by molar-refractivity contribution is 0.746. The van der Waals surface area contributed by atoms with Crippen LogP contribution >= 0.6 is 11.6 Å². The van der Waals surface area contributed by atoms with Crippen molar-refractivity contribution in [3.05, 3.63) is 35.4 Å². The van der Waals surface area contributed by atoms with Crippen LogP contribution in [-0.2, 0) is 6.42 Å². The van der Waals surface area contributed by atoms with E-state index in [1.807, 2.05) is 19.1 Å². The lowest BCUT2D eigenvalue weighted by atomic mass is 10.0. The quantitative estimate of drug-likeness (QED) is 0.678. The molecule has 0 saturated heterocycles. The fourth-order valence-corrected chi connectivity index (χ4v) is 1.32. The summed E-state index contributed by atoms with van der Waals surface area (Å²) in [5, 5.41) is 8.71. The van der Waals surface area contributed by atoms with Crippen LogP contribution in [0.5, 0.6) is 0 Å². The summed E-state index contributed by atoms with van der Waals surface area (Å²) in [6.07, 6.45) is 0.750. The van der Waals surface area contributed by atoms with E-state index >= 15 is 0 Å². The van der Waals surface area contributed by atoms with Gasteiger partial charge in [0.25, 0.3) is 0 Å². The molecule has 0 aliphatic heterocycles. The Morgan fingerprint density at radius 3 is 2.46 bits per heavy atom. The van der Waals surface area contributed by atoms with Crippen LogP contribution in [-0.4, -0.2) is 5.88 Å². The Morgan fingerprint density at radius 2 is 2.00 bits per heavy atom. The molecule has 0 aliphatic rings. The molecular formula is C11H12ClN. The van der Waals surface area contributed by atoms with Crippen molar-refractivity contribution < 1.29 is 0 Å². The average molecular weight is 194 g/mol. The Hall–Kier alpha value is -1.00. The molecule has 0 N–H and O–H groups in total. The van der Waals surface area contributed by atoms with E-state index in [0.29, 0.717) is 5.88 Å². The second kappa shape index (κ2) is 4.89. The predicted octanol–water partition coefficient (Wildman–Crippen LogP) is 2.92. The van der Waals surface area contributed by atoms with Gasteiger partial charge in [-0.1, -0.05) is 29.8 Å². The minimum absolute atomic E-state index is 0.0654. The van der Waals surface area contributed by atoms with E-state index < -0.39 is 0 Å². The topological polar surface area (TPSA) is 23.8 Å². The van der Waals surface area contributed by atoms with Crippen LogP contribution in [0.3, 0.4) is 0 Å². The zero-order valence-corrected chi connectivity index (χ0v) is 8.38. The van der Waals surface area contributed by atoms with Crippen LogP contribution in [0, 0.1) is 24.2 Å². The molecular weight excluding hydrogens is 182 g/mol. The van der Waals surface area contributed by atoms with E-state index in [0.717, 1.165) is 6.42 Å². The molecule has 0 fully saturated rings. The first-order valence-electron chi connectivity index (χ1n) is 4.27. The van der Waals surface area contributed by atoms with E-state index in [9.17, 15) is 0 Å². The SMILES string of the molecule is Cc1ccc(CC(C#N)CCl)cc1. The molecule has 0 heterocycles. The Morgan fingerprint density at radius 1 is 1.38 bits per heavy atom. The summed E-state index contributed by atoms with van der Waals surface area (Å²) >= 11 is 5.63. The van der Waals surface area contributed by atoms with Crippen molar-refractivity contribution in [3.8, 4) is 6.07 Å². The molecule has 0 aliphatic carbocycles. The molecule has 0 radical (unpaired) electrons. The van der Waals surface area contributed by atoms with Crippen LogP contribution in [0.15, 0.2) is 24.3 Å². The average Bonchev–Trinajstić information content (AvgIpc) is 2.17. The summed E-state index contributed by atoms with van der Waals surface area (Å²) in [6, 6.07) is 10.4. The molecule has 0 bridgehead atoms. The minimum Gasteiger partial charge on any atom is -0.198 e. The number of benzene rings is 1. The van der Waals surface area contributed by atoms with E-state index in [4.69, 9.17) is 16.9 Å². The summed E-state index contributed by atoms with van der Waals surface area (Å²) in [7, 11) is 0. The molecule has 0 saturated carbocycles. The van der Waals surface area contributed by atoms with Crippen LogP contribution in [0.25, 0.3) is 0 Å². The maximum absolute atomic E-state index is 8.71. The van der Waals surface area contributed by atoms with Crippen LogP contribution in [0.1, 0.15) is 11.1 Å². The van der Waals surface area contributed by atoms with Gasteiger partial charge >= 0.3 is 0 Å². The van der Waals surface area contributed by atoms with Crippen LogP contribution in [0.4, 0.5) is 0 Å². The molecule has 0 spiro atoms. The van der Waals surface area contributed by atoms with Gasteiger partial charge in [-0.25, -0.2) is 0 Å². The molecule has 0 amide bonds. The highest BCUT2D eigenvalue weighted by atomic mass is 35.5. The van der Waals surface area contributed by atoms with Gasteiger partial charge in [-0.15, -0.1) is 11.6 Å². The number of halogens is 1. The van der Waals surface area contributed by atoms with Crippen molar-refractivity contribution >= 4 is 11.6 Å². The maximum atomic E-state index is 8.71. The Balaban J connectivity index is 2.64. The number of hydrogen-bond acceptors (Lipinski definition) is 1. The number of nitrogens with zero attached hydrogens (tertiary/aromatic N) is 1. The monoisotopic (exact) mass is 193 g/mol. The highest BCUT2D eigenvalue weighted by molar-refractivity contribution is 6.18. The zero-order valence-electron chi connectivity index (χ0n) is 7.63. The van der Waals surface area contributed by atoms with E-state index in [1.165, 1.54) is 11.1 Å². The summed E-state index contributed by atoms with van der Waals surface area (Å²) in [4.78, 5) is 0. The van der Waals surface area contributed by atoms with Gasteiger partial charge in [0.2, 0.25) is 0 Å². The first kappa shape index (κ1) is 10.1. The number of aryl methyl sites for hydroxylation is 1. The fraction of sp³-hybridized carbons (Fsp3) is 0.364. The highest BCUT2D eigenvalue weighted by Gasteiger charge is 2.05. The van der Waals surface area contributed by atoms with Crippen molar-refractivity contribution in [1.29, 1.82) is 5.26 Å². The van der Waals surface area contributed by atoms with Crippen molar-refractivity contribution in [2.45, 2.75) is 13.3 Å². The van der Waals surface area contributed by atoms with E-state index in [1.54, 1.807) is 0 Å². The smallest absolute Gasteiger partial charge is 0.0671 e. The van der Waals surface area contributed by atoms with Gasteiger partial charge in [0.15, 0.2) is 0 Å². The summed E-state index contributed by atoms with van der Waals surface area (Å²) < 4.78 is 0. The molecule has 0 aromatic heterocycles. The first-order chi connectivity index (χ1) is 6.26. The maximum Gasteiger partial charge on any atom is 0.0671 e. The molecule has 1 aromatic carbocycles. The number of rotatable bonds is 3. The lowest BCUT2D eigenvalue weighted by Gasteiger charge is -2.04. The zero-order chi connectivity index (χ0) is 9.68. The molecule has 2 heteroatoms. The third kappa shape index (κ3) is 3.08. The Kier molecular flexibility index (Phi) is 3.79. The molecule has 68 valence electrons. The van der Waals surface area contributed by atoms with E-state index in [-0.39, 0.29) is 5.92 Å². The second-order valence-corrected chi connectivity index (χ2v) is 3.48. The predicted molar refractivity (Wildman–Crippen MR) is 54.7 cm³/mol. The lowest BCUT2D eigenvalue weighted by Crippen LogP contribution is -2.02. The van der Waals surface area contributed by atoms with Gasteiger partial charge in [0.05, 0.1) is 12.0 Å². The molecule has 13 heavy (non-hydrogen) atoms. The summed E-state index contributed by atoms with van der Waals surface area (Å²) in [5.74, 6) is 0.342. The summed E-state index contributed by atoms with van der Waals surface area (Å²) in [6.45, 7) is 2.05. The molecule has 1 nitrogen and oxygen atoms in total. The molecule has 1 aromatic rings. The molecule has 1 unspecified atom stereocenters. The minimum atomic E-state index is -0.0654. The first-order valence-corrected chi connectivity index (χ1v) is 4.81. The summed E-state index contributed by atoms with van der Waals surface area (Å²) in [5.41, 5.74) is 2.42. The van der Waals surface area contributed by atoms with Gasteiger partial charge in [0.1, 0.15) is 0 Å². The number of alkyl halides is 1. The van der Waals surface area contributed by atoms with Gasteiger partial charge in [-0.2, -0.15) is 5.26 Å². The Bertz CT molecular complexity index is 297. The number of hydrogen-bond donors (Lipinski definition) is 0. The van der Waals surface area contributed by atoms with Crippen molar-refractivity contribution in [2.24, 2.45) is 5.92 Å². The van der Waals surface area contributed by atoms with Gasteiger partial charge in [-0.05, 0) is 18.9 Å². The van der Waals surface area contributed by atoms with Crippen molar-refractivity contribution in [1.82, 2.24) is 0 Å². The standard InChI is InChI=1S/C11H12ClN/c1-9-2-4-10(5-3-9)6-11(7-12)8-13/h2-5,11H,6-7H2,1H3. The van der Waals surface area contributed by atoms with Gasteiger partial charge in [0, 0.05) is 5.88 Å². The Labute approximate surface area is 84.0 Å². The third-order valence-electron chi connectivity index (χ3n) is 1.97. The second-order valence-electron chi connectivity index (χ2n) is 3.17. The van der Waals surface area contributed by atoms with Crippen LogP contribution < -0.4 is 0 Å². The van der Waals surface area contributed by atoms with Crippen molar-refractivity contribution in [3.63, 3.8) is 0 Å².